The Morgan fingerprint density at radius 2 is 1.77 bits per heavy atom. The molecule has 0 aliphatic heterocycles. The molecule has 0 spiro atoms. The summed E-state index contributed by atoms with van der Waals surface area (Å²) in [7, 11) is 3.29. The quantitative estimate of drug-likeness (QED) is 0.548. The van der Waals surface area contributed by atoms with Gasteiger partial charge < -0.3 is 13.9 Å². The van der Waals surface area contributed by atoms with Crippen LogP contribution in [0.3, 0.4) is 0 Å². The highest BCUT2D eigenvalue weighted by Gasteiger charge is 2.11. The molecule has 0 unspecified atom stereocenters. The lowest BCUT2D eigenvalue weighted by Gasteiger charge is -2.11. The van der Waals surface area contributed by atoms with Crippen LogP contribution in [0.2, 0.25) is 0 Å². The van der Waals surface area contributed by atoms with E-state index in [0.29, 0.717) is 0 Å². The zero-order valence-corrected chi connectivity index (χ0v) is 14.7. The summed E-state index contributed by atoms with van der Waals surface area (Å²) in [6.07, 6.45) is 4.40. The summed E-state index contributed by atoms with van der Waals surface area (Å²) < 4.78 is 12.8. The van der Waals surface area contributed by atoms with Crippen LogP contribution in [0.25, 0.3) is 16.9 Å². The molecule has 3 aromatic heterocycles. The fourth-order valence-corrected chi connectivity index (χ4v) is 3.12. The predicted octanol–water partition coefficient (Wildman–Crippen LogP) is 4.00. The number of aromatic nitrogens is 3. The molecule has 1 aromatic carbocycles. The Morgan fingerprint density at radius 3 is 2.54 bits per heavy atom. The maximum absolute atomic E-state index is 5.41. The van der Waals surface area contributed by atoms with Gasteiger partial charge >= 0.3 is 0 Å². The summed E-state index contributed by atoms with van der Waals surface area (Å²) in [4.78, 5) is 9.01. The van der Waals surface area contributed by atoms with Crippen LogP contribution in [0.1, 0.15) is 11.3 Å². The number of fused-ring (bicyclic) bond motifs is 1. The number of hydrogen-bond acceptors (Lipinski definition) is 4. The molecule has 0 N–H and O–H groups in total. The Balaban J connectivity index is 1.73. The first-order valence-electron chi connectivity index (χ1n) is 8.37. The fourth-order valence-electron chi connectivity index (χ4n) is 3.12. The lowest BCUT2D eigenvalue weighted by molar-refractivity contribution is 0.354. The molecular formula is C21H19N3O2. The summed E-state index contributed by atoms with van der Waals surface area (Å²) in [6, 6.07) is 18.1. The van der Waals surface area contributed by atoms with Crippen LogP contribution in [0, 0.1) is 0 Å². The second-order valence-corrected chi connectivity index (χ2v) is 5.95. The van der Waals surface area contributed by atoms with Gasteiger partial charge in [-0.05, 0) is 42.0 Å². The number of ether oxygens (including phenoxy) is 2. The monoisotopic (exact) mass is 345 g/mol. The zero-order chi connectivity index (χ0) is 17.9. The third kappa shape index (κ3) is 2.88. The van der Waals surface area contributed by atoms with Gasteiger partial charge in [-0.3, -0.25) is 4.98 Å². The minimum absolute atomic E-state index is 0.731. The lowest BCUT2D eigenvalue weighted by atomic mass is 10.1. The maximum Gasteiger partial charge on any atom is 0.160 e. The molecule has 4 aromatic rings. The van der Waals surface area contributed by atoms with Crippen LogP contribution in [-0.2, 0) is 6.42 Å². The number of nitrogens with zero attached hydrogens (tertiary/aromatic N) is 3. The topological polar surface area (TPSA) is 48.7 Å². The molecule has 0 saturated heterocycles. The van der Waals surface area contributed by atoms with E-state index >= 15 is 0 Å². The van der Waals surface area contributed by atoms with Gasteiger partial charge in [-0.2, -0.15) is 0 Å². The van der Waals surface area contributed by atoms with Crippen molar-refractivity contribution in [3.05, 3.63) is 78.4 Å². The van der Waals surface area contributed by atoms with E-state index in [1.165, 1.54) is 0 Å². The molecule has 0 atom stereocenters. The Labute approximate surface area is 151 Å². The Morgan fingerprint density at radius 1 is 0.885 bits per heavy atom. The number of pyridine rings is 2. The van der Waals surface area contributed by atoms with Gasteiger partial charge in [0, 0.05) is 18.3 Å². The van der Waals surface area contributed by atoms with Crippen molar-refractivity contribution in [2.75, 3.05) is 14.2 Å². The van der Waals surface area contributed by atoms with Gasteiger partial charge in [0.25, 0.3) is 0 Å². The van der Waals surface area contributed by atoms with Crippen LogP contribution >= 0.6 is 0 Å². The first-order valence-corrected chi connectivity index (χ1v) is 8.37. The standard InChI is InChI=1S/C21H19N3O2/c1-25-19-10-9-15(13-20(19)26-2)12-16-6-5-8-18-21(23-14-24(16)18)17-7-3-4-11-22-17/h3-11,13-14H,12H2,1-2H3. The maximum atomic E-state index is 5.41. The molecule has 0 amide bonds. The van der Waals surface area contributed by atoms with Gasteiger partial charge in [-0.25, -0.2) is 4.98 Å². The molecular weight excluding hydrogens is 326 g/mol. The van der Waals surface area contributed by atoms with E-state index in [9.17, 15) is 0 Å². The highest BCUT2D eigenvalue weighted by Crippen LogP contribution is 2.29. The highest BCUT2D eigenvalue weighted by atomic mass is 16.5. The molecule has 0 bridgehead atoms. The van der Waals surface area contributed by atoms with Crippen molar-refractivity contribution in [1.82, 2.24) is 14.4 Å². The van der Waals surface area contributed by atoms with Crippen LogP contribution in [0.15, 0.2) is 67.1 Å². The second-order valence-electron chi connectivity index (χ2n) is 5.95. The number of methoxy groups -OCH3 is 2. The van der Waals surface area contributed by atoms with E-state index in [4.69, 9.17) is 9.47 Å². The van der Waals surface area contributed by atoms with Crippen LogP contribution < -0.4 is 9.47 Å². The highest BCUT2D eigenvalue weighted by molar-refractivity contribution is 5.75. The van der Waals surface area contributed by atoms with E-state index in [2.05, 4.69) is 38.6 Å². The van der Waals surface area contributed by atoms with Crippen molar-refractivity contribution in [3.8, 4) is 22.9 Å². The molecule has 0 fully saturated rings. The van der Waals surface area contributed by atoms with Crippen LogP contribution in [0.4, 0.5) is 0 Å². The number of hydrogen-bond donors (Lipinski definition) is 0. The average molecular weight is 345 g/mol. The average Bonchev–Trinajstić information content (AvgIpc) is 3.14. The molecule has 0 saturated carbocycles. The Bertz CT molecular complexity index is 1040. The van der Waals surface area contributed by atoms with Crippen molar-refractivity contribution in [1.29, 1.82) is 0 Å². The molecule has 0 aliphatic rings. The van der Waals surface area contributed by atoms with E-state index in [1.54, 1.807) is 20.4 Å². The van der Waals surface area contributed by atoms with Gasteiger partial charge in [0.15, 0.2) is 11.5 Å². The van der Waals surface area contributed by atoms with Gasteiger partial charge in [0.1, 0.15) is 12.0 Å². The minimum atomic E-state index is 0.731. The summed E-state index contributed by atoms with van der Waals surface area (Å²) in [5.41, 5.74) is 5.09. The molecule has 130 valence electrons. The molecule has 3 heterocycles. The van der Waals surface area contributed by atoms with Crippen molar-refractivity contribution in [2.24, 2.45) is 0 Å². The van der Waals surface area contributed by atoms with Crippen molar-refractivity contribution < 1.29 is 9.47 Å². The molecule has 5 nitrogen and oxygen atoms in total. The Hall–Kier alpha value is -3.34. The van der Waals surface area contributed by atoms with E-state index in [-0.39, 0.29) is 0 Å². The molecule has 4 rings (SSSR count). The molecule has 0 radical (unpaired) electrons. The number of rotatable bonds is 5. The lowest BCUT2D eigenvalue weighted by Crippen LogP contribution is -1.98. The summed E-state index contributed by atoms with van der Waals surface area (Å²) in [5.74, 6) is 1.46. The summed E-state index contributed by atoms with van der Waals surface area (Å²) >= 11 is 0. The predicted molar refractivity (Wildman–Crippen MR) is 101 cm³/mol. The normalized spacial score (nSPS) is 10.8. The van der Waals surface area contributed by atoms with Gasteiger partial charge in [-0.1, -0.05) is 18.2 Å². The van der Waals surface area contributed by atoms with Crippen LogP contribution in [0.5, 0.6) is 11.5 Å². The van der Waals surface area contributed by atoms with E-state index in [1.807, 2.05) is 36.7 Å². The van der Waals surface area contributed by atoms with Crippen molar-refractivity contribution in [3.63, 3.8) is 0 Å². The van der Waals surface area contributed by atoms with Gasteiger partial charge in [-0.15, -0.1) is 0 Å². The van der Waals surface area contributed by atoms with Gasteiger partial charge in [0.2, 0.25) is 0 Å². The third-order valence-electron chi connectivity index (χ3n) is 4.40. The van der Waals surface area contributed by atoms with E-state index < -0.39 is 0 Å². The van der Waals surface area contributed by atoms with Gasteiger partial charge in [0.05, 0.1) is 25.4 Å². The molecule has 5 heteroatoms. The third-order valence-corrected chi connectivity index (χ3v) is 4.40. The second kappa shape index (κ2) is 6.88. The van der Waals surface area contributed by atoms with Crippen LogP contribution in [-0.4, -0.2) is 28.6 Å². The fraction of sp³-hybridized carbons (Fsp3) is 0.143. The largest absolute Gasteiger partial charge is 0.493 e. The first kappa shape index (κ1) is 16.1. The minimum Gasteiger partial charge on any atom is -0.493 e. The number of benzene rings is 1. The molecule has 26 heavy (non-hydrogen) atoms. The smallest absolute Gasteiger partial charge is 0.160 e. The first-order chi connectivity index (χ1) is 12.8. The van der Waals surface area contributed by atoms with Crippen molar-refractivity contribution in [2.45, 2.75) is 6.42 Å². The number of imidazole rings is 1. The SMILES string of the molecule is COc1ccc(Cc2cccc3c(-c4ccccn4)ncn23)cc1OC. The Kier molecular flexibility index (Phi) is 4.27. The molecule has 0 aliphatic carbocycles. The van der Waals surface area contributed by atoms with Crippen molar-refractivity contribution >= 4 is 5.52 Å². The zero-order valence-electron chi connectivity index (χ0n) is 14.7. The van der Waals surface area contributed by atoms with E-state index in [0.717, 1.165) is 46.1 Å². The summed E-state index contributed by atoms with van der Waals surface area (Å²) in [6.45, 7) is 0. The summed E-state index contributed by atoms with van der Waals surface area (Å²) in [5, 5.41) is 0.